The minimum atomic E-state index is -0.0563. The third-order valence-electron chi connectivity index (χ3n) is 4.90. The highest BCUT2D eigenvalue weighted by Crippen LogP contribution is 2.28. The van der Waals surface area contributed by atoms with Crippen LogP contribution >= 0.6 is 0 Å². The van der Waals surface area contributed by atoms with Gasteiger partial charge in [-0.15, -0.1) is 0 Å². The van der Waals surface area contributed by atoms with Crippen molar-refractivity contribution >= 4 is 17.6 Å². The van der Waals surface area contributed by atoms with E-state index in [1.54, 1.807) is 4.90 Å². The summed E-state index contributed by atoms with van der Waals surface area (Å²) in [4.78, 5) is 25.1. The maximum Gasteiger partial charge on any atom is 0.321 e. The van der Waals surface area contributed by atoms with Gasteiger partial charge in [0.1, 0.15) is 0 Å². The van der Waals surface area contributed by atoms with E-state index in [2.05, 4.69) is 22.5 Å². The van der Waals surface area contributed by atoms with Gasteiger partial charge in [0.2, 0.25) is 5.91 Å². The Morgan fingerprint density at radius 3 is 2.68 bits per heavy atom. The molecule has 1 aromatic rings. The largest absolute Gasteiger partial charge is 0.345 e. The summed E-state index contributed by atoms with van der Waals surface area (Å²) in [5.41, 5.74) is 1.75. The van der Waals surface area contributed by atoms with Crippen LogP contribution in [0.25, 0.3) is 0 Å². The van der Waals surface area contributed by atoms with Crippen molar-refractivity contribution in [2.45, 2.75) is 38.5 Å². The third kappa shape index (κ3) is 4.99. The summed E-state index contributed by atoms with van der Waals surface area (Å²) >= 11 is 0. The van der Waals surface area contributed by atoms with E-state index in [4.69, 9.17) is 0 Å². The first kappa shape index (κ1) is 17.3. The molecule has 132 valence electrons. The summed E-state index contributed by atoms with van der Waals surface area (Å²) in [6.45, 7) is 1.75. The maximum absolute atomic E-state index is 11.8. The molecule has 5 heteroatoms. The predicted molar refractivity (Wildman–Crippen MR) is 98.3 cm³/mol. The van der Waals surface area contributed by atoms with Gasteiger partial charge in [0, 0.05) is 30.8 Å². The van der Waals surface area contributed by atoms with Crippen molar-refractivity contribution in [3.8, 4) is 11.8 Å². The number of urea groups is 1. The molecule has 0 aromatic heterocycles. The topological polar surface area (TPSA) is 61.4 Å². The van der Waals surface area contributed by atoms with Crippen molar-refractivity contribution < 1.29 is 9.59 Å². The van der Waals surface area contributed by atoms with Gasteiger partial charge in [0.05, 0.1) is 6.54 Å². The van der Waals surface area contributed by atoms with Crippen molar-refractivity contribution in [1.29, 1.82) is 0 Å². The summed E-state index contributed by atoms with van der Waals surface area (Å²) in [5, 5.41) is 5.65. The molecule has 3 rings (SSSR count). The van der Waals surface area contributed by atoms with Crippen LogP contribution in [0, 0.1) is 17.8 Å². The first-order valence-corrected chi connectivity index (χ1v) is 9.13. The first-order chi connectivity index (χ1) is 12.2. The Hall–Kier alpha value is -2.48. The highest BCUT2D eigenvalue weighted by molar-refractivity contribution is 5.94. The van der Waals surface area contributed by atoms with E-state index in [1.807, 2.05) is 24.3 Å². The van der Waals surface area contributed by atoms with Crippen molar-refractivity contribution in [2.24, 2.45) is 5.92 Å². The van der Waals surface area contributed by atoms with E-state index in [9.17, 15) is 9.59 Å². The fraction of sp³-hybridized carbons (Fsp3) is 0.500. The summed E-state index contributed by atoms with van der Waals surface area (Å²) in [7, 11) is 0. The van der Waals surface area contributed by atoms with Crippen LogP contribution in [0.5, 0.6) is 0 Å². The molecule has 1 aliphatic carbocycles. The highest BCUT2D eigenvalue weighted by Gasteiger charge is 2.20. The molecule has 0 atom stereocenters. The molecular formula is C20H25N3O2. The maximum atomic E-state index is 11.8. The number of carbonyl (C=O) groups excluding carboxylic acids is 2. The van der Waals surface area contributed by atoms with Gasteiger partial charge in [-0.3, -0.25) is 9.69 Å². The number of anilines is 1. The van der Waals surface area contributed by atoms with E-state index in [0.29, 0.717) is 26.1 Å². The molecule has 5 nitrogen and oxygen atoms in total. The van der Waals surface area contributed by atoms with Gasteiger partial charge in [-0.1, -0.05) is 37.5 Å². The second-order valence-corrected chi connectivity index (χ2v) is 6.70. The van der Waals surface area contributed by atoms with Gasteiger partial charge in [-0.2, -0.15) is 0 Å². The molecule has 2 N–H and O–H groups in total. The standard InChI is InChI=1S/C20H25N3O2/c24-19(12-9-16-4-1-2-5-16)21-13-3-6-17-7-10-18(11-8-17)23-15-14-22-20(23)25/h7-8,10-11,16H,1-2,4-5,9,12-15H2,(H,21,24)(H,22,25). The number of carbonyl (C=O) groups is 2. The fourth-order valence-corrected chi connectivity index (χ4v) is 3.45. The zero-order valence-corrected chi connectivity index (χ0v) is 14.5. The van der Waals surface area contributed by atoms with Crippen LogP contribution in [0.2, 0.25) is 0 Å². The Kier molecular flexibility index (Phi) is 5.95. The minimum absolute atomic E-state index is 0.0563. The van der Waals surface area contributed by atoms with Crippen molar-refractivity contribution in [2.75, 3.05) is 24.5 Å². The smallest absolute Gasteiger partial charge is 0.321 e. The summed E-state index contributed by atoms with van der Waals surface area (Å²) < 4.78 is 0. The molecular weight excluding hydrogens is 314 g/mol. The molecule has 1 aromatic carbocycles. The van der Waals surface area contributed by atoms with Crippen LogP contribution in [0.3, 0.4) is 0 Å². The molecule has 0 radical (unpaired) electrons. The van der Waals surface area contributed by atoms with Crippen LogP contribution in [-0.2, 0) is 4.79 Å². The SMILES string of the molecule is O=C(CCC1CCCC1)NCC#Cc1ccc(N2CCNC2=O)cc1. The Morgan fingerprint density at radius 1 is 1.24 bits per heavy atom. The number of nitrogens with one attached hydrogen (secondary N) is 2. The average molecular weight is 339 g/mol. The van der Waals surface area contributed by atoms with Gasteiger partial charge in [-0.25, -0.2) is 4.79 Å². The molecule has 0 spiro atoms. The Bertz CT molecular complexity index is 666. The highest BCUT2D eigenvalue weighted by atomic mass is 16.2. The molecule has 2 fully saturated rings. The molecule has 1 heterocycles. The van der Waals surface area contributed by atoms with Gasteiger partial charge in [0.25, 0.3) is 0 Å². The second kappa shape index (κ2) is 8.57. The number of nitrogens with zero attached hydrogens (tertiary/aromatic N) is 1. The quantitative estimate of drug-likeness (QED) is 0.810. The van der Waals surface area contributed by atoms with E-state index in [1.165, 1.54) is 25.7 Å². The average Bonchev–Trinajstić information content (AvgIpc) is 3.29. The lowest BCUT2D eigenvalue weighted by atomic mass is 10.0. The Balaban J connectivity index is 1.40. The summed E-state index contributed by atoms with van der Waals surface area (Å²) in [6, 6.07) is 7.54. The number of hydrogen-bond donors (Lipinski definition) is 2. The molecule has 1 saturated heterocycles. The predicted octanol–water partition coefficient (Wildman–Crippen LogP) is 2.65. The van der Waals surface area contributed by atoms with E-state index < -0.39 is 0 Å². The van der Waals surface area contributed by atoms with Crippen molar-refractivity contribution in [3.63, 3.8) is 0 Å². The normalized spacial score (nSPS) is 17.1. The van der Waals surface area contributed by atoms with Crippen LogP contribution in [0.4, 0.5) is 10.5 Å². The molecule has 0 unspecified atom stereocenters. The molecule has 2 aliphatic rings. The molecule has 0 bridgehead atoms. The van der Waals surface area contributed by atoms with E-state index in [0.717, 1.165) is 23.6 Å². The summed E-state index contributed by atoms with van der Waals surface area (Å²) in [6.07, 6.45) is 6.81. The van der Waals surface area contributed by atoms with Crippen molar-refractivity contribution in [3.05, 3.63) is 29.8 Å². The van der Waals surface area contributed by atoms with Crippen LogP contribution in [0.1, 0.15) is 44.1 Å². The number of hydrogen-bond acceptors (Lipinski definition) is 2. The zero-order chi connectivity index (χ0) is 17.5. The van der Waals surface area contributed by atoms with E-state index >= 15 is 0 Å². The van der Waals surface area contributed by atoms with Crippen LogP contribution < -0.4 is 15.5 Å². The number of rotatable bonds is 5. The summed E-state index contributed by atoms with van der Waals surface area (Å²) in [5.74, 6) is 6.86. The zero-order valence-electron chi connectivity index (χ0n) is 14.5. The van der Waals surface area contributed by atoms with Gasteiger partial charge in [0.15, 0.2) is 0 Å². The minimum Gasteiger partial charge on any atom is -0.345 e. The van der Waals surface area contributed by atoms with Gasteiger partial charge in [-0.05, 0) is 36.6 Å². The van der Waals surface area contributed by atoms with Crippen LogP contribution in [0.15, 0.2) is 24.3 Å². The molecule has 1 aliphatic heterocycles. The van der Waals surface area contributed by atoms with E-state index in [-0.39, 0.29) is 11.9 Å². The lowest BCUT2D eigenvalue weighted by Gasteiger charge is -2.13. The number of amides is 3. The molecule has 25 heavy (non-hydrogen) atoms. The molecule has 1 saturated carbocycles. The fourth-order valence-electron chi connectivity index (χ4n) is 3.45. The van der Waals surface area contributed by atoms with Gasteiger partial charge >= 0.3 is 6.03 Å². The Morgan fingerprint density at radius 2 is 2.00 bits per heavy atom. The number of benzene rings is 1. The Labute approximate surface area is 149 Å². The monoisotopic (exact) mass is 339 g/mol. The van der Waals surface area contributed by atoms with Crippen molar-refractivity contribution in [1.82, 2.24) is 10.6 Å². The first-order valence-electron chi connectivity index (χ1n) is 9.13. The molecule has 3 amide bonds. The van der Waals surface area contributed by atoms with Crippen LogP contribution in [-0.4, -0.2) is 31.6 Å². The second-order valence-electron chi connectivity index (χ2n) is 6.70. The third-order valence-corrected chi connectivity index (χ3v) is 4.90. The lowest BCUT2D eigenvalue weighted by molar-refractivity contribution is -0.121. The van der Waals surface area contributed by atoms with Gasteiger partial charge < -0.3 is 10.6 Å². The lowest BCUT2D eigenvalue weighted by Crippen LogP contribution is -2.27.